The molecule has 0 unspecified atom stereocenters. The monoisotopic (exact) mass is 496 g/mol. The standard InChI is InChI=1S/C22H20N6O4S2/c1-27-19(13-3-5-15-17(9-13)31-11-29-15)23-25-21(27)33-7-8-34-22-26-24-20(28(22)2)14-4-6-16-18(10-14)32-12-30-16/h3-6,9-10H,7-8,11-12H2,1-2H3. The summed E-state index contributed by atoms with van der Waals surface area (Å²) in [6.45, 7) is 0.500. The summed E-state index contributed by atoms with van der Waals surface area (Å²) in [5.41, 5.74) is 1.88. The van der Waals surface area contributed by atoms with Crippen LogP contribution in [0.2, 0.25) is 0 Å². The van der Waals surface area contributed by atoms with Crippen molar-refractivity contribution in [2.75, 3.05) is 25.1 Å². The van der Waals surface area contributed by atoms with Gasteiger partial charge in [-0.3, -0.25) is 0 Å². The molecular weight excluding hydrogens is 476 g/mol. The van der Waals surface area contributed by atoms with Crippen molar-refractivity contribution in [1.82, 2.24) is 29.5 Å². The zero-order valence-corrected chi connectivity index (χ0v) is 20.1. The van der Waals surface area contributed by atoms with E-state index in [1.165, 1.54) is 0 Å². The molecule has 0 saturated carbocycles. The van der Waals surface area contributed by atoms with Gasteiger partial charge in [0.05, 0.1) is 0 Å². The van der Waals surface area contributed by atoms with Gasteiger partial charge in [0.1, 0.15) is 0 Å². The summed E-state index contributed by atoms with van der Waals surface area (Å²) in [4.78, 5) is 0. The molecule has 0 N–H and O–H groups in total. The third-order valence-electron chi connectivity index (χ3n) is 5.48. The average molecular weight is 497 g/mol. The number of benzene rings is 2. The number of ether oxygens (including phenoxy) is 4. The SMILES string of the molecule is Cn1c(SCCSc2nnc(-c3ccc4c(c3)OCO4)n2C)nnc1-c1ccc2c(c1)OCO2. The van der Waals surface area contributed by atoms with E-state index in [4.69, 9.17) is 18.9 Å². The lowest BCUT2D eigenvalue weighted by atomic mass is 10.2. The van der Waals surface area contributed by atoms with Crippen LogP contribution in [0.3, 0.4) is 0 Å². The van der Waals surface area contributed by atoms with E-state index in [1.54, 1.807) is 23.5 Å². The van der Waals surface area contributed by atoms with Crippen LogP contribution in [0.25, 0.3) is 22.8 Å². The second-order valence-corrected chi connectivity index (χ2v) is 9.69. The van der Waals surface area contributed by atoms with Gasteiger partial charge < -0.3 is 28.1 Å². The Morgan fingerprint density at radius 1 is 0.647 bits per heavy atom. The Balaban J connectivity index is 1.08. The summed E-state index contributed by atoms with van der Waals surface area (Å²) in [6.07, 6.45) is 0. The molecule has 10 nitrogen and oxygen atoms in total. The van der Waals surface area contributed by atoms with E-state index in [0.29, 0.717) is 0 Å². The first kappa shape index (κ1) is 21.2. The first-order chi connectivity index (χ1) is 16.7. The molecular formula is C22H20N6O4S2. The third-order valence-corrected chi connectivity index (χ3v) is 7.78. The number of hydrogen-bond acceptors (Lipinski definition) is 10. The molecule has 174 valence electrons. The van der Waals surface area contributed by atoms with Gasteiger partial charge in [-0.05, 0) is 36.4 Å². The van der Waals surface area contributed by atoms with Gasteiger partial charge in [-0.15, -0.1) is 20.4 Å². The molecule has 0 aliphatic carbocycles. The Labute approximate surface area is 203 Å². The maximum Gasteiger partial charge on any atom is 0.231 e. The van der Waals surface area contributed by atoms with Gasteiger partial charge in [0.25, 0.3) is 0 Å². The number of rotatable bonds is 7. The molecule has 2 aliphatic rings. The van der Waals surface area contributed by atoms with Crippen LogP contribution >= 0.6 is 23.5 Å². The molecule has 6 rings (SSSR count). The molecule has 34 heavy (non-hydrogen) atoms. The second-order valence-electron chi connectivity index (χ2n) is 7.56. The molecule has 0 atom stereocenters. The van der Waals surface area contributed by atoms with Crippen LogP contribution in [-0.4, -0.2) is 54.6 Å². The summed E-state index contributed by atoms with van der Waals surface area (Å²) in [7, 11) is 3.94. The van der Waals surface area contributed by atoms with Crippen LogP contribution in [0.5, 0.6) is 23.0 Å². The van der Waals surface area contributed by atoms with E-state index in [0.717, 1.165) is 67.6 Å². The zero-order valence-electron chi connectivity index (χ0n) is 18.4. The molecule has 2 aromatic carbocycles. The van der Waals surface area contributed by atoms with Crippen LogP contribution in [0.4, 0.5) is 0 Å². The highest BCUT2D eigenvalue weighted by atomic mass is 32.2. The van der Waals surface area contributed by atoms with Crippen LogP contribution in [0, 0.1) is 0 Å². The van der Waals surface area contributed by atoms with Crippen molar-refractivity contribution in [1.29, 1.82) is 0 Å². The summed E-state index contributed by atoms with van der Waals surface area (Å²) in [5, 5.41) is 19.2. The molecule has 4 aromatic rings. The second kappa shape index (κ2) is 8.76. The van der Waals surface area contributed by atoms with E-state index >= 15 is 0 Å². The van der Waals surface area contributed by atoms with E-state index in [2.05, 4.69) is 20.4 Å². The molecule has 12 heteroatoms. The lowest BCUT2D eigenvalue weighted by molar-refractivity contribution is 0.173. The van der Waals surface area contributed by atoms with Gasteiger partial charge in [0.15, 0.2) is 45.0 Å². The van der Waals surface area contributed by atoms with Gasteiger partial charge in [0.2, 0.25) is 13.6 Å². The molecule has 0 radical (unpaired) electrons. The number of nitrogens with zero attached hydrogens (tertiary/aromatic N) is 6. The maximum atomic E-state index is 5.48. The molecule has 0 amide bonds. The number of aromatic nitrogens is 6. The van der Waals surface area contributed by atoms with Crippen molar-refractivity contribution in [3.05, 3.63) is 36.4 Å². The molecule has 0 fully saturated rings. The molecule has 4 heterocycles. The topological polar surface area (TPSA) is 98.3 Å². The summed E-state index contributed by atoms with van der Waals surface area (Å²) >= 11 is 3.31. The fourth-order valence-corrected chi connectivity index (χ4v) is 5.51. The minimum atomic E-state index is 0.250. The molecule has 2 aromatic heterocycles. The highest BCUT2D eigenvalue weighted by Gasteiger charge is 2.19. The number of thioether (sulfide) groups is 2. The smallest absolute Gasteiger partial charge is 0.231 e. The predicted molar refractivity (Wildman–Crippen MR) is 127 cm³/mol. The van der Waals surface area contributed by atoms with Gasteiger partial charge >= 0.3 is 0 Å². The maximum absolute atomic E-state index is 5.48. The van der Waals surface area contributed by atoms with E-state index < -0.39 is 0 Å². The minimum Gasteiger partial charge on any atom is -0.454 e. The van der Waals surface area contributed by atoms with Crippen molar-refractivity contribution in [3.8, 4) is 45.8 Å². The van der Waals surface area contributed by atoms with Gasteiger partial charge in [-0.1, -0.05) is 23.5 Å². The average Bonchev–Trinajstić information content (AvgIpc) is 3.63. The quantitative estimate of drug-likeness (QED) is 0.279. The van der Waals surface area contributed by atoms with Crippen molar-refractivity contribution < 1.29 is 18.9 Å². The fraction of sp³-hybridized carbons (Fsp3) is 0.273. The molecule has 0 saturated heterocycles. The van der Waals surface area contributed by atoms with Crippen molar-refractivity contribution in [3.63, 3.8) is 0 Å². The van der Waals surface area contributed by atoms with E-state index in [1.807, 2.05) is 59.6 Å². The van der Waals surface area contributed by atoms with Crippen LogP contribution in [0.15, 0.2) is 46.7 Å². The summed E-state index contributed by atoms with van der Waals surface area (Å²) in [6, 6.07) is 11.6. The van der Waals surface area contributed by atoms with Crippen molar-refractivity contribution >= 4 is 23.5 Å². The Kier molecular flexibility index (Phi) is 5.46. The van der Waals surface area contributed by atoms with Gasteiger partial charge in [0, 0.05) is 36.7 Å². The Morgan fingerprint density at radius 3 is 1.56 bits per heavy atom. The highest BCUT2D eigenvalue weighted by Crippen LogP contribution is 2.37. The Morgan fingerprint density at radius 2 is 1.09 bits per heavy atom. The van der Waals surface area contributed by atoms with E-state index in [9.17, 15) is 0 Å². The number of hydrogen-bond donors (Lipinski definition) is 0. The molecule has 0 bridgehead atoms. The highest BCUT2D eigenvalue weighted by molar-refractivity contribution is 8.02. The first-order valence-electron chi connectivity index (χ1n) is 10.5. The van der Waals surface area contributed by atoms with Gasteiger partial charge in [-0.25, -0.2) is 0 Å². The lowest BCUT2D eigenvalue weighted by Crippen LogP contribution is -1.98. The summed E-state index contributed by atoms with van der Waals surface area (Å²) < 4.78 is 25.7. The van der Waals surface area contributed by atoms with Crippen LogP contribution in [0.1, 0.15) is 0 Å². The normalized spacial score (nSPS) is 13.6. The minimum absolute atomic E-state index is 0.250. The van der Waals surface area contributed by atoms with Gasteiger partial charge in [-0.2, -0.15) is 0 Å². The van der Waals surface area contributed by atoms with Crippen LogP contribution in [-0.2, 0) is 14.1 Å². The first-order valence-corrected chi connectivity index (χ1v) is 12.5. The van der Waals surface area contributed by atoms with E-state index in [-0.39, 0.29) is 13.6 Å². The molecule has 2 aliphatic heterocycles. The zero-order chi connectivity index (χ0) is 23.1. The largest absolute Gasteiger partial charge is 0.454 e. The van der Waals surface area contributed by atoms with Crippen LogP contribution < -0.4 is 18.9 Å². The Hall–Kier alpha value is -3.38. The summed E-state index contributed by atoms with van der Waals surface area (Å²) in [5.74, 6) is 6.24. The van der Waals surface area contributed by atoms with Crippen molar-refractivity contribution in [2.45, 2.75) is 10.3 Å². The van der Waals surface area contributed by atoms with Crippen molar-refractivity contribution in [2.24, 2.45) is 14.1 Å². The predicted octanol–water partition coefficient (Wildman–Crippen LogP) is 3.62. The Bertz CT molecular complexity index is 1270. The lowest BCUT2D eigenvalue weighted by Gasteiger charge is -2.06. The fourth-order valence-electron chi connectivity index (χ4n) is 3.72. The third kappa shape index (κ3) is 3.82. The molecule has 0 spiro atoms. The number of fused-ring (bicyclic) bond motifs is 2.